The van der Waals surface area contributed by atoms with Crippen LogP contribution in [0, 0.1) is 11.8 Å². The smallest absolute Gasteiger partial charge is 0.331 e. The van der Waals surface area contributed by atoms with Gasteiger partial charge in [0.25, 0.3) is 0 Å². The number of hydrogen-bond donors (Lipinski definition) is 2. The van der Waals surface area contributed by atoms with Crippen molar-refractivity contribution < 1.29 is 8.23 Å². The van der Waals surface area contributed by atoms with Crippen molar-refractivity contribution in [3.63, 3.8) is 0 Å². The molecule has 0 saturated heterocycles. The van der Waals surface area contributed by atoms with Crippen LogP contribution in [-0.4, -0.2) is 44.0 Å². The summed E-state index contributed by atoms with van der Waals surface area (Å²) in [5.41, 5.74) is 6.10. The molecular formula is C21H52N2O2Si3. The van der Waals surface area contributed by atoms with E-state index in [1.54, 1.807) is 0 Å². The zero-order valence-corrected chi connectivity index (χ0v) is 23.8. The molecule has 3 N–H and O–H groups in total. The first-order valence-electron chi connectivity index (χ1n) is 11.7. The maximum absolute atomic E-state index is 7.13. The maximum Gasteiger partial charge on any atom is 0.331 e. The first-order valence-corrected chi connectivity index (χ1v) is 20.3. The summed E-state index contributed by atoms with van der Waals surface area (Å²) in [6, 6.07) is 2.42. The molecule has 0 aliphatic heterocycles. The van der Waals surface area contributed by atoms with Gasteiger partial charge in [-0.3, -0.25) is 0 Å². The van der Waals surface area contributed by atoms with E-state index in [1.165, 1.54) is 31.4 Å². The Morgan fingerprint density at radius 3 is 1.71 bits per heavy atom. The van der Waals surface area contributed by atoms with Crippen molar-refractivity contribution in [1.82, 2.24) is 5.32 Å². The van der Waals surface area contributed by atoms with Gasteiger partial charge in [-0.05, 0) is 63.1 Å². The van der Waals surface area contributed by atoms with E-state index in [-0.39, 0.29) is 0 Å². The van der Waals surface area contributed by atoms with Crippen molar-refractivity contribution in [1.29, 1.82) is 0 Å². The summed E-state index contributed by atoms with van der Waals surface area (Å²) in [5, 5.41) is 3.68. The van der Waals surface area contributed by atoms with Crippen LogP contribution >= 0.6 is 0 Å². The van der Waals surface area contributed by atoms with Crippen molar-refractivity contribution in [3.05, 3.63) is 0 Å². The van der Waals surface area contributed by atoms with Gasteiger partial charge in [-0.15, -0.1) is 0 Å². The Morgan fingerprint density at radius 1 is 0.821 bits per heavy atom. The number of rotatable bonds is 16. The van der Waals surface area contributed by atoms with E-state index in [0.29, 0.717) is 18.1 Å². The van der Waals surface area contributed by atoms with E-state index in [2.05, 4.69) is 72.7 Å². The van der Waals surface area contributed by atoms with Crippen LogP contribution in [0.3, 0.4) is 0 Å². The quantitative estimate of drug-likeness (QED) is 0.291. The van der Waals surface area contributed by atoms with E-state index in [4.69, 9.17) is 14.0 Å². The lowest BCUT2D eigenvalue weighted by atomic mass is 10.1. The van der Waals surface area contributed by atoms with E-state index < -0.39 is 25.2 Å². The standard InChI is InChI=1S/C21H52N2O2Si3/c1-11-14-20(5)18-27(8,9)25-28(10,21(13-3)23-16-15-22)24-26(6,7)17-19(4)12-2/h19-21,23H,11-18,22H2,1-10H3. The monoisotopic (exact) mass is 448 g/mol. The predicted octanol–water partition coefficient (Wildman–Crippen LogP) is 5.85. The minimum atomic E-state index is -2.40. The van der Waals surface area contributed by atoms with Gasteiger partial charge in [0, 0.05) is 18.8 Å². The molecule has 0 aliphatic carbocycles. The normalized spacial score (nSPS) is 18.5. The highest BCUT2D eigenvalue weighted by molar-refractivity contribution is 6.89. The van der Waals surface area contributed by atoms with Gasteiger partial charge in [0.15, 0.2) is 16.6 Å². The molecule has 0 aromatic heterocycles. The highest BCUT2D eigenvalue weighted by atomic mass is 28.5. The lowest BCUT2D eigenvalue weighted by Crippen LogP contribution is -2.65. The molecular weight excluding hydrogens is 397 g/mol. The van der Waals surface area contributed by atoms with Gasteiger partial charge in [0.05, 0.1) is 0 Å². The maximum atomic E-state index is 7.13. The first kappa shape index (κ1) is 28.5. The second-order valence-electron chi connectivity index (χ2n) is 10.3. The summed E-state index contributed by atoms with van der Waals surface area (Å²) >= 11 is 0. The molecule has 0 rings (SSSR count). The molecule has 0 saturated carbocycles. The summed E-state index contributed by atoms with van der Waals surface area (Å²) in [6.45, 7) is 24.9. The highest BCUT2D eigenvalue weighted by Crippen LogP contribution is 2.32. The molecule has 0 bridgehead atoms. The fraction of sp³-hybridized carbons (Fsp3) is 1.00. The Balaban J connectivity index is 5.58. The van der Waals surface area contributed by atoms with Crippen LogP contribution < -0.4 is 11.1 Å². The fourth-order valence-corrected chi connectivity index (χ4v) is 20.9. The number of hydrogen-bond acceptors (Lipinski definition) is 4. The van der Waals surface area contributed by atoms with Gasteiger partial charge >= 0.3 is 8.56 Å². The molecule has 170 valence electrons. The van der Waals surface area contributed by atoms with Gasteiger partial charge in [0.1, 0.15) is 0 Å². The Bertz CT molecular complexity index is 424. The van der Waals surface area contributed by atoms with Crippen molar-refractivity contribution in [2.75, 3.05) is 13.1 Å². The molecule has 4 unspecified atom stereocenters. The Morgan fingerprint density at radius 2 is 1.32 bits per heavy atom. The van der Waals surface area contributed by atoms with Gasteiger partial charge in [-0.2, -0.15) is 0 Å². The zero-order chi connectivity index (χ0) is 22.0. The van der Waals surface area contributed by atoms with Crippen LogP contribution in [0.1, 0.15) is 60.3 Å². The second-order valence-corrected chi connectivity index (χ2v) is 22.5. The molecule has 0 spiro atoms. The summed E-state index contributed by atoms with van der Waals surface area (Å²) in [5.74, 6) is 1.44. The van der Waals surface area contributed by atoms with Crippen LogP contribution in [0.2, 0.25) is 44.8 Å². The van der Waals surface area contributed by atoms with Crippen molar-refractivity contribution in [3.8, 4) is 0 Å². The molecule has 7 heteroatoms. The van der Waals surface area contributed by atoms with Crippen LogP contribution in [-0.2, 0) is 8.23 Å². The SMILES string of the molecule is CCCC(C)C[Si](C)(C)O[Si](C)(O[Si](C)(C)CC(C)CC)C(CC)NCCN. The predicted molar refractivity (Wildman–Crippen MR) is 133 cm³/mol. The molecule has 0 aromatic rings. The average molecular weight is 449 g/mol. The van der Waals surface area contributed by atoms with Crippen LogP contribution in [0.25, 0.3) is 0 Å². The van der Waals surface area contributed by atoms with Gasteiger partial charge < -0.3 is 19.3 Å². The zero-order valence-electron chi connectivity index (χ0n) is 20.8. The molecule has 0 radical (unpaired) electrons. The van der Waals surface area contributed by atoms with Crippen molar-refractivity contribution >= 4 is 25.2 Å². The van der Waals surface area contributed by atoms with E-state index in [1.807, 2.05) is 0 Å². The minimum absolute atomic E-state index is 0.299. The Labute approximate surface area is 180 Å². The lowest BCUT2D eigenvalue weighted by Gasteiger charge is -2.45. The number of nitrogens with two attached hydrogens (primary N) is 1. The van der Waals surface area contributed by atoms with Crippen LogP contribution in [0.5, 0.6) is 0 Å². The molecule has 0 amide bonds. The Kier molecular flexibility index (Phi) is 13.2. The molecule has 4 atom stereocenters. The molecule has 0 fully saturated rings. The van der Waals surface area contributed by atoms with Crippen molar-refractivity contribution in [2.45, 2.75) is 111 Å². The third-order valence-electron chi connectivity index (χ3n) is 5.69. The second kappa shape index (κ2) is 13.0. The fourth-order valence-electron chi connectivity index (χ4n) is 4.72. The molecule has 0 aromatic carbocycles. The highest BCUT2D eigenvalue weighted by Gasteiger charge is 2.48. The summed E-state index contributed by atoms with van der Waals surface area (Å²) in [7, 11) is -6.03. The van der Waals surface area contributed by atoms with E-state index in [0.717, 1.165) is 18.9 Å². The van der Waals surface area contributed by atoms with Gasteiger partial charge in [0.2, 0.25) is 0 Å². The molecule has 28 heavy (non-hydrogen) atoms. The van der Waals surface area contributed by atoms with E-state index >= 15 is 0 Å². The van der Waals surface area contributed by atoms with Crippen molar-refractivity contribution in [2.24, 2.45) is 17.6 Å². The van der Waals surface area contributed by atoms with Gasteiger partial charge in [-0.1, -0.05) is 53.9 Å². The molecule has 0 aliphatic rings. The summed E-state index contributed by atoms with van der Waals surface area (Å²) < 4.78 is 14.2. The average Bonchev–Trinajstić information content (AvgIpc) is 2.52. The minimum Gasteiger partial charge on any atom is -0.435 e. The third kappa shape index (κ3) is 11.0. The molecule has 0 heterocycles. The van der Waals surface area contributed by atoms with Gasteiger partial charge in [-0.25, -0.2) is 0 Å². The summed E-state index contributed by atoms with van der Waals surface area (Å²) in [6.07, 6.45) is 4.79. The third-order valence-corrected chi connectivity index (χ3v) is 18.6. The first-order chi connectivity index (χ1) is 12.8. The number of nitrogens with one attached hydrogen (secondary N) is 1. The van der Waals surface area contributed by atoms with Crippen LogP contribution in [0.15, 0.2) is 0 Å². The topological polar surface area (TPSA) is 56.5 Å². The molecule has 4 nitrogen and oxygen atoms in total. The van der Waals surface area contributed by atoms with Crippen LogP contribution in [0.4, 0.5) is 0 Å². The summed E-state index contributed by atoms with van der Waals surface area (Å²) in [4.78, 5) is 0. The Hall–Kier alpha value is 0.491. The largest absolute Gasteiger partial charge is 0.435 e. The van der Waals surface area contributed by atoms with E-state index in [9.17, 15) is 0 Å². The lowest BCUT2D eigenvalue weighted by molar-refractivity contribution is 0.334.